The molecule has 1 unspecified atom stereocenters. The van der Waals surface area contributed by atoms with Gasteiger partial charge in [0.15, 0.2) is 0 Å². The van der Waals surface area contributed by atoms with Gasteiger partial charge in [-0.15, -0.1) is 0 Å². The van der Waals surface area contributed by atoms with E-state index in [1.54, 1.807) is 18.7 Å². The highest BCUT2D eigenvalue weighted by atomic mass is 32.2. The van der Waals surface area contributed by atoms with E-state index in [1.807, 2.05) is 0 Å². The number of esters is 1. The molecule has 0 bridgehead atoms. The van der Waals surface area contributed by atoms with Crippen LogP contribution in [0.5, 0.6) is 0 Å². The van der Waals surface area contributed by atoms with Gasteiger partial charge in [-0.05, 0) is 24.5 Å². The molecular formula is C11H20O3S. The second-order valence-electron chi connectivity index (χ2n) is 5.04. The summed E-state index contributed by atoms with van der Waals surface area (Å²) in [5.41, 5.74) is -0.775. The molecule has 1 heterocycles. The van der Waals surface area contributed by atoms with Gasteiger partial charge < -0.3 is 9.84 Å². The zero-order chi connectivity index (χ0) is 11.5. The predicted octanol–water partition coefficient (Wildman–Crippen LogP) is 1.83. The van der Waals surface area contributed by atoms with E-state index in [0.717, 1.165) is 5.75 Å². The molecule has 0 aromatic rings. The van der Waals surface area contributed by atoms with Crippen LogP contribution in [0.4, 0.5) is 0 Å². The zero-order valence-corrected chi connectivity index (χ0v) is 10.5. The standard InChI is InChI=1S/C11H20O3S/c1-4-14-9(12)5-11(13)6-10(2,3)7-15-8-11/h13H,4-8H2,1-3H3. The van der Waals surface area contributed by atoms with Gasteiger partial charge in [0.25, 0.3) is 0 Å². The van der Waals surface area contributed by atoms with Crippen LogP contribution in [0, 0.1) is 5.41 Å². The molecule has 1 N–H and O–H groups in total. The van der Waals surface area contributed by atoms with Crippen LogP contribution in [-0.2, 0) is 9.53 Å². The van der Waals surface area contributed by atoms with Gasteiger partial charge >= 0.3 is 5.97 Å². The lowest BCUT2D eigenvalue weighted by Crippen LogP contribution is -2.44. The number of hydrogen-bond donors (Lipinski definition) is 1. The minimum atomic E-state index is -0.876. The van der Waals surface area contributed by atoms with E-state index >= 15 is 0 Å². The van der Waals surface area contributed by atoms with Gasteiger partial charge in [0.1, 0.15) is 0 Å². The Balaban J connectivity index is 2.54. The van der Waals surface area contributed by atoms with E-state index < -0.39 is 5.60 Å². The molecule has 0 aliphatic carbocycles. The molecule has 0 spiro atoms. The molecule has 15 heavy (non-hydrogen) atoms. The number of carbonyl (C=O) groups is 1. The first-order valence-corrected chi connectivity index (χ1v) is 6.48. The van der Waals surface area contributed by atoms with Crippen molar-refractivity contribution in [1.29, 1.82) is 0 Å². The van der Waals surface area contributed by atoms with Crippen LogP contribution in [-0.4, -0.2) is 34.8 Å². The van der Waals surface area contributed by atoms with Crippen LogP contribution in [0.3, 0.4) is 0 Å². The Morgan fingerprint density at radius 1 is 1.47 bits per heavy atom. The molecule has 1 aliphatic heterocycles. The minimum Gasteiger partial charge on any atom is -0.466 e. The molecule has 1 rings (SSSR count). The Morgan fingerprint density at radius 3 is 2.67 bits per heavy atom. The van der Waals surface area contributed by atoms with Crippen molar-refractivity contribution in [3.05, 3.63) is 0 Å². The molecule has 1 saturated heterocycles. The SMILES string of the molecule is CCOC(=O)CC1(O)CSCC(C)(C)C1. The van der Waals surface area contributed by atoms with Crippen molar-refractivity contribution in [3.8, 4) is 0 Å². The van der Waals surface area contributed by atoms with Gasteiger partial charge in [0.05, 0.1) is 18.6 Å². The molecule has 0 aromatic carbocycles. The van der Waals surface area contributed by atoms with Crippen LogP contribution in [0.15, 0.2) is 0 Å². The highest BCUT2D eigenvalue weighted by molar-refractivity contribution is 7.99. The van der Waals surface area contributed by atoms with E-state index in [4.69, 9.17) is 4.74 Å². The molecule has 0 amide bonds. The zero-order valence-electron chi connectivity index (χ0n) is 9.71. The number of carbonyl (C=O) groups excluding carboxylic acids is 1. The average molecular weight is 232 g/mol. The van der Waals surface area contributed by atoms with Crippen molar-refractivity contribution in [3.63, 3.8) is 0 Å². The topological polar surface area (TPSA) is 46.5 Å². The van der Waals surface area contributed by atoms with Gasteiger partial charge in [-0.2, -0.15) is 11.8 Å². The van der Waals surface area contributed by atoms with Crippen molar-refractivity contribution in [2.24, 2.45) is 5.41 Å². The highest BCUT2D eigenvalue weighted by Gasteiger charge is 2.40. The first kappa shape index (κ1) is 12.8. The summed E-state index contributed by atoms with van der Waals surface area (Å²) in [6.45, 7) is 6.40. The largest absolute Gasteiger partial charge is 0.466 e. The number of hydrogen-bond acceptors (Lipinski definition) is 4. The maximum absolute atomic E-state index is 11.3. The second kappa shape index (κ2) is 4.74. The molecule has 1 fully saturated rings. The van der Waals surface area contributed by atoms with Crippen molar-refractivity contribution in [1.82, 2.24) is 0 Å². The highest BCUT2D eigenvalue weighted by Crippen LogP contribution is 2.40. The van der Waals surface area contributed by atoms with Crippen LogP contribution in [0.1, 0.15) is 33.6 Å². The van der Waals surface area contributed by atoms with Crippen molar-refractivity contribution >= 4 is 17.7 Å². The quantitative estimate of drug-likeness (QED) is 0.754. The Bertz CT molecular complexity index is 240. The lowest BCUT2D eigenvalue weighted by molar-refractivity contribution is -0.148. The average Bonchev–Trinajstić information content (AvgIpc) is 1.99. The smallest absolute Gasteiger partial charge is 0.308 e. The van der Waals surface area contributed by atoms with E-state index in [-0.39, 0.29) is 17.8 Å². The molecule has 1 atom stereocenters. The summed E-state index contributed by atoms with van der Waals surface area (Å²) in [6.07, 6.45) is 0.795. The first-order chi connectivity index (χ1) is 6.87. The maximum atomic E-state index is 11.3. The third-order valence-corrected chi connectivity index (χ3v) is 4.18. The molecular weight excluding hydrogens is 212 g/mol. The molecule has 0 radical (unpaired) electrons. The van der Waals surface area contributed by atoms with E-state index in [0.29, 0.717) is 18.8 Å². The molecule has 4 heteroatoms. The third-order valence-electron chi connectivity index (χ3n) is 2.45. The Hall–Kier alpha value is -0.220. The Labute approximate surface area is 95.6 Å². The summed E-state index contributed by atoms with van der Waals surface area (Å²) in [7, 11) is 0. The third kappa shape index (κ3) is 4.03. The van der Waals surface area contributed by atoms with Crippen LogP contribution < -0.4 is 0 Å². The normalized spacial score (nSPS) is 29.9. The summed E-state index contributed by atoms with van der Waals surface area (Å²) in [4.78, 5) is 11.3. The Kier molecular flexibility index (Phi) is 4.06. The van der Waals surface area contributed by atoms with Crippen molar-refractivity contribution in [2.45, 2.75) is 39.2 Å². The van der Waals surface area contributed by atoms with Gasteiger partial charge in [0.2, 0.25) is 0 Å². The molecule has 3 nitrogen and oxygen atoms in total. The summed E-state index contributed by atoms with van der Waals surface area (Å²) in [6, 6.07) is 0. The van der Waals surface area contributed by atoms with E-state index in [1.165, 1.54) is 0 Å². The minimum absolute atomic E-state index is 0.101. The number of rotatable bonds is 3. The van der Waals surface area contributed by atoms with Gasteiger partial charge in [-0.3, -0.25) is 4.79 Å². The number of thioether (sulfide) groups is 1. The fourth-order valence-corrected chi connectivity index (χ4v) is 3.45. The number of ether oxygens (including phenoxy) is 1. The van der Waals surface area contributed by atoms with E-state index in [2.05, 4.69) is 13.8 Å². The summed E-state index contributed by atoms with van der Waals surface area (Å²) < 4.78 is 4.87. The van der Waals surface area contributed by atoms with Gasteiger partial charge in [-0.25, -0.2) is 0 Å². The molecule has 88 valence electrons. The number of aliphatic hydroxyl groups is 1. The van der Waals surface area contributed by atoms with Crippen molar-refractivity contribution < 1.29 is 14.6 Å². The second-order valence-corrected chi connectivity index (χ2v) is 6.03. The van der Waals surface area contributed by atoms with E-state index in [9.17, 15) is 9.90 Å². The summed E-state index contributed by atoms with van der Waals surface area (Å²) in [5.74, 6) is 1.38. The maximum Gasteiger partial charge on any atom is 0.308 e. The Morgan fingerprint density at radius 2 is 2.13 bits per heavy atom. The fourth-order valence-electron chi connectivity index (χ4n) is 2.10. The fraction of sp³-hybridized carbons (Fsp3) is 0.909. The lowest BCUT2D eigenvalue weighted by atomic mass is 9.80. The molecule has 1 aliphatic rings. The monoisotopic (exact) mass is 232 g/mol. The predicted molar refractivity (Wildman–Crippen MR) is 61.9 cm³/mol. The molecule has 0 aromatic heterocycles. The lowest BCUT2D eigenvalue weighted by Gasteiger charge is -2.40. The van der Waals surface area contributed by atoms with Crippen LogP contribution >= 0.6 is 11.8 Å². The molecule has 0 saturated carbocycles. The van der Waals surface area contributed by atoms with Crippen LogP contribution in [0.2, 0.25) is 0 Å². The van der Waals surface area contributed by atoms with Crippen molar-refractivity contribution in [2.75, 3.05) is 18.1 Å². The first-order valence-electron chi connectivity index (χ1n) is 5.33. The van der Waals surface area contributed by atoms with Gasteiger partial charge in [-0.1, -0.05) is 13.8 Å². The summed E-state index contributed by atoms with van der Waals surface area (Å²) >= 11 is 1.71. The van der Waals surface area contributed by atoms with Gasteiger partial charge in [0, 0.05) is 5.75 Å². The van der Waals surface area contributed by atoms with Crippen LogP contribution in [0.25, 0.3) is 0 Å². The summed E-state index contributed by atoms with van der Waals surface area (Å²) in [5, 5.41) is 10.3.